The quantitative estimate of drug-likeness (QED) is 0.364. The predicted molar refractivity (Wildman–Crippen MR) is 157 cm³/mol. The first kappa shape index (κ1) is 27.7. The zero-order valence-corrected chi connectivity index (χ0v) is 23.4. The molecular formula is C27H34N12O2. The minimum absolute atomic E-state index is 0.0889. The number of fused-ring (bicyclic) bond motifs is 2. The van der Waals surface area contributed by atoms with E-state index in [4.69, 9.17) is 11.5 Å². The van der Waals surface area contributed by atoms with Crippen LogP contribution in [0.25, 0.3) is 22.1 Å². The van der Waals surface area contributed by atoms with Crippen molar-refractivity contribution in [1.29, 1.82) is 0 Å². The maximum absolute atomic E-state index is 11.5. The highest BCUT2D eigenvalue weighted by atomic mass is 16.2. The molecule has 4 aromatic heterocycles. The zero-order valence-electron chi connectivity index (χ0n) is 23.4. The fourth-order valence-corrected chi connectivity index (χ4v) is 5.02. The molecule has 2 amide bonds. The number of nitrogens with zero attached hydrogens (tertiary/aromatic N) is 10. The van der Waals surface area contributed by atoms with Gasteiger partial charge in [0.1, 0.15) is 35.3 Å². The molecule has 214 valence electrons. The van der Waals surface area contributed by atoms with Gasteiger partial charge >= 0.3 is 0 Å². The van der Waals surface area contributed by atoms with E-state index in [0.29, 0.717) is 22.7 Å². The Hall–Kier alpha value is -4.88. The molecule has 0 aromatic carbocycles. The zero-order chi connectivity index (χ0) is 29.1. The minimum atomic E-state index is 0.0889. The first-order valence-corrected chi connectivity index (χ1v) is 13.4. The molecule has 0 radical (unpaired) electrons. The van der Waals surface area contributed by atoms with Gasteiger partial charge in [-0.3, -0.25) is 9.59 Å². The molecule has 0 bridgehead atoms. The van der Waals surface area contributed by atoms with E-state index in [1.165, 1.54) is 12.7 Å². The third kappa shape index (κ3) is 6.00. The molecule has 41 heavy (non-hydrogen) atoms. The van der Waals surface area contributed by atoms with Gasteiger partial charge in [0.15, 0.2) is 11.6 Å². The van der Waals surface area contributed by atoms with Crippen LogP contribution in [0.3, 0.4) is 0 Å². The van der Waals surface area contributed by atoms with E-state index in [0.717, 1.165) is 68.4 Å². The Morgan fingerprint density at radius 1 is 0.780 bits per heavy atom. The lowest BCUT2D eigenvalue weighted by Crippen LogP contribution is -2.48. The summed E-state index contributed by atoms with van der Waals surface area (Å²) in [6, 6.07) is 7.89. The summed E-state index contributed by atoms with van der Waals surface area (Å²) in [5.74, 6) is 2.68. The maximum Gasteiger partial charge on any atom is 0.219 e. The van der Waals surface area contributed by atoms with Crippen molar-refractivity contribution in [3.8, 4) is 0 Å². The Morgan fingerprint density at radius 2 is 1.32 bits per heavy atom. The number of amides is 2. The summed E-state index contributed by atoms with van der Waals surface area (Å²) >= 11 is 0. The number of nitrogen functional groups attached to an aromatic ring is 2. The van der Waals surface area contributed by atoms with Crippen LogP contribution >= 0.6 is 0 Å². The normalized spacial score (nSPS) is 17.0. The summed E-state index contributed by atoms with van der Waals surface area (Å²) < 4.78 is 0. The molecule has 2 aliphatic heterocycles. The van der Waals surface area contributed by atoms with Crippen LogP contribution in [0.4, 0.5) is 23.3 Å². The van der Waals surface area contributed by atoms with Gasteiger partial charge in [0.2, 0.25) is 11.8 Å². The van der Waals surface area contributed by atoms with Crippen LogP contribution in [-0.4, -0.2) is 104 Å². The number of carbonyl (C=O) groups is 2. The van der Waals surface area contributed by atoms with E-state index < -0.39 is 0 Å². The highest BCUT2D eigenvalue weighted by molar-refractivity contribution is 5.85. The Balaban J connectivity index is 0.000000165. The number of hydrogen-bond acceptors (Lipinski definition) is 12. The molecule has 14 nitrogen and oxygen atoms in total. The second-order valence-corrected chi connectivity index (χ2v) is 10.1. The summed E-state index contributed by atoms with van der Waals surface area (Å²) in [6.07, 6.45) is 3.81. The number of aromatic nitrogens is 6. The van der Waals surface area contributed by atoms with Gasteiger partial charge in [-0.1, -0.05) is 0 Å². The van der Waals surface area contributed by atoms with Crippen LogP contribution in [0, 0.1) is 0 Å². The first-order chi connectivity index (χ1) is 19.7. The molecule has 0 spiro atoms. The van der Waals surface area contributed by atoms with Crippen LogP contribution in [0.1, 0.15) is 20.3 Å². The number of hydrogen-bond donors (Lipinski definition) is 2. The lowest BCUT2D eigenvalue weighted by Gasteiger charge is -2.34. The molecule has 4 aromatic rings. The Morgan fingerprint density at radius 3 is 1.83 bits per heavy atom. The van der Waals surface area contributed by atoms with Gasteiger partial charge in [-0.15, -0.1) is 0 Å². The average Bonchev–Trinajstić information content (AvgIpc) is 3.48. The van der Waals surface area contributed by atoms with Gasteiger partial charge in [0, 0.05) is 60.2 Å². The van der Waals surface area contributed by atoms with Crippen molar-refractivity contribution in [2.45, 2.75) is 26.3 Å². The minimum Gasteiger partial charge on any atom is -0.382 e. The van der Waals surface area contributed by atoms with Gasteiger partial charge < -0.3 is 31.1 Å². The summed E-state index contributed by atoms with van der Waals surface area (Å²) in [4.78, 5) is 56.0. The Kier molecular flexibility index (Phi) is 7.90. The third-order valence-corrected chi connectivity index (χ3v) is 7.57. The van der Waals surface area contributed by atoms with E-state index in [2.05, 4.69) is 39.7 Å². The molecule has 6 rings (SSSR count). The van der Waals surface area contributed by atoms with Crippen LogP contribution in [0.15, 0.2) is 36.9 Å². The summed E-state index contributed by atoms with van der Waals surface area (Å²) in [5, 5.41) is 0. The summed E-state index contributed by atoms with van der Waals surface area (Å²) in [7, 11) is 1.84. The predicted octanol–water partition coefficient (Wildman–Crippen LogP) is 0.940. The second-order valence-electron chi connectivity index (χ2n) is 10.1. The smallest absolute Gasteiger partial charge is 0.219 e. The highest BCUT2D eigenvalue weighted by Gasteiger charge is 2.28. The topological polar surface area (TPSA) is 176 Å². The monoisotopic (exact) mass is 558 g/mol. The van der Waals surface area contributed by atoms with Crippen molar-refractivity contribution >= 4 is 57.2 Å². The number of piperazine rings is 1. The summed E-state index contributed by atoms with van der Waals surface area (Å²) in [5.41, 5.74) is 14.4. The fourth-order valence-electron chi connectivity index (χ4n) is 5.02. The third-order valence-electron chi connectivity index (χ3n) is 7.57. The van der Waals surface area contributed by atoms with E-state index in [1.807, 2.05) is 36.2 Å². The maximum atomic E-state index is 11.5. The fraction of sp³-hybridized carbons (Fsp3) is 0.407. The molecule has 14 heteroatoms. The molecule has 2 aliphatic rings. The number of carbonyl (C=O) groups excluding carboxylic acids is 2. The summed E-state index contributed by atoms with van der Waals surface area (Å²) in [6.45, 7) is 7.82. The second kappa shape index (κ2) is 11.7. The number of rotatable bonds is 3. The highest BCUT2D eigenvalue weighted by Crippen LogP contribution is 2.24. The molecule has 4 N–H and O–H groups in total. The van der Waals surface area contributed by atoms with Crippen molar-refractivity contribution in [1.82, 2.24) is 39.7 Å². The van der Waals surface area contributed by atoms with Gasteiger partial charge in [-0.05, 0) is 30.7 Å². The van der Waals surface area contributed by atoms with Crippen LogP contribution in [0.5, 0.6) is 0 Å². The van der Waals surface area contributed by atoms with Crippen molar-refractivity contribution in [2.75, 3.05) is 67.6 Å². The van der Waals surface area contributed by atoms with E-state index in [1.54, 1.807) is 18.7 Å². The SMILES string of the molecule is CC(=O)N(C)C1CCN(c2ccc3ncnc(N)c3n2)C1.CC(=O)N1CCN(c2ccc3ncnc(N)c3n2)CC1. The Labute approximate surface area is 237 Å². The average molecular weight is 559 g/mol. The van der Waals surface area contributed by atoms with E-state index in [-0.39, 0.29) is 17.9 Å². The lowest BCUT2D eigenvalue weighted by atomic mass is 10.2. The van der Waals surface area contributed by atoms with Gasteiger partial charge in [-0.2, -0.15) is 0 Å². The van der Waals surface area contributed by atoms with E-state index in [9.17, 15) is 9.59 Å². The van der Waals surface area contributed by atoms with Crippen molar-refractivity contribution in [3.63, 3.8) is 0 Å². The molecule has 2 fully saturated rings. The molecule has 2 saturated heterocycles. The van der Waals surface area contributed by atoms with Crippen molar-refractivity contribution < 1.29 is 9.59 Å². The molecular weight excluding hydrogens is 524 g/mol. The number of anilines is 4. The molecule has 1 atom stereocenters. The number of pyridine rings is 2. The van der Waals surface area contributed by atoms with Crippen LogP contribution in [-0.2, 0) is 9.59 Å². The molecule has 6 heterocycles. The lowest BCUT2D eigenvalue weighted by molar-refractivity contribution is -0.130. The molecule has 1 unspecified atom stereocenters. The van der Waals surface area contributed by atoms with Gasteiger partial charge in [0.05, 0.1) is 17.1 Å². The largest absolute Gasteiger partial charge is 0.382 e. The molecule has 0 aliphatic carbocycles. The van der Waals surface area contributed by atoms with Crippen LogP contribution in [0.2, 0.25) is 0 Å². The standard InChI is InChI=1S/C14H18N6O.C13H16N6O/c1-9(21)19(2)10-5-6-20(7-10)12-4-3-11-13(18-12)14(15)17-8-16-11;1-9(20)18-4-6-19(7-5-18)11-3-2-10-12(17-11)13(14)16-8-15-10/h3-4,8,10H,5-7H2,1-2H3,(H2,15,16,17);2-3,8H,4-7H2,1H3,(H2,14,15,16). The van der Waals surface area contributed by atoms with Crippen LogP contribution < -0.4 is 21.3 Å². The van der Waals surface area contributed by atoms with Gasteiger partial charge in [-0.25, -0.2) is 29.9 Å². The Bertz CT molecular complexity index is 1570. The molecule has 0 saturated carbocycles. The number of nitrogens with two attached hydrogens (primary N) is 2. The van der Waals surface area contributed by atoms with Gasteiger partial charge in [0.25, 0.3) is 0 Å². The van der Waals surface area contributed by atoms with E-state index >= 15 is 0 Å². The first-order valence-electron chi connectivity index (χ1n) is 13.4. The van der Waals surface area contributed by atoms with Crippen molar-refractivity contribution in [3.05, 3.63) is 36.9 Å². The van der Waals surface area contributed by atoms with Crippen molar-refractivity contribution in [2.24, 2.45) is 0 Å². The number of likely N-dealkylation sites (N-methyl/N-ethyl adjacent to an activating group) is 1.